The van der Waals surface area contributed by atoms with Gasteiger partial charge in [0.25, 0.3) is 5.91 Å². The minimum Gasteiger partial charge on any atom is -0.365 e. The lowest BCUT2D eigenvalue weighted by Crippen LogP contribution is -2.45. The maximum Gasteiger partial charge on any atom is 0.255 e. The summed E-state index contributed by atoms with van der Waals surface area (Å²) in [7, 11) is -3.28. The molecular formula is C24H25N7O3S. The second kappa shape index (κ2) is 9.06. The highest BCUT2D eigenvalue weighted by Crippen LogP contribution is 2.25. The standard InChI is InChI=1S/C24H25N7O3S/c1-16-20(6-3-11-25-16)24(32)30-12-4-5-17(14-30)29-22-21-13-28-31(23(21)27-15-26-22)18-7-9-19(10-8-18)35(2,33)34/h3,6-11,13,15,17H,4-5,12,14H2,1-2H3,(H,26,27,29). The molecule has 4 heterocycles. The Labute approximate surface area is 203 Å². The summed E-state index contributed by atoms with van der Waals surface area (Å²) in [6.45, 7) is 3.10. The molecule has 1 fully saturated rings. The van der Waals surface area contributed by atoms with Gasteiger partial charge in [-0.2, -0.15) is 5.10 Å². The van der Waals surface area contributed by atoms with E-state index in [1.165, 1.54) is 12.6 Å². The first kappa shape index (κ1) is 22.9. The molecule has 5 rings (SSSR count). The van der Waals surface area contributed by atoms with Crippen LogP contribution in [0.4, 0.5) is 5.82 Å². The maximum atomic E-state index is 13.1. The Hall–Kier alpha value is -3.86. The van der Waals surface area contributed by atoms with Crippen LogP contribution in [0.1, 0.15) is 28.9 Å². The first-order chi connectivity index (χ1) is 16.8. The van der Waals surface area contributed by atoms with E-state index in [0.29, 0.717) is 35.8 Å². The molecule has 1 unspecified atom stereocenters. The van der Waals surface area contributed by atoms with Crippen LogP contribution in [0.3, 0.4) is 0 Å². The third-order valence-electron chi connectivity index (χ3n) is 6.16. The zero-order chi connectivity index (χ0) is 24.6. The van der Waals surface area contributed by atoms with Crippen LogP contribution in [-0.2, 0) is 9.84 Å². The lowest BCUT2D eigenvalue weighted by atomic mass is 10.0. The Balaban J connectivity index is 1.37. The smallest absolute Gasteiger partial charge is 0.255 e. The number of sulfone groups is 1. The van der Waals surface area contributed by atoms with Gasteiger partial charge in [0.2, 0.25) is 0 Å². The van der Waals surface area contributed by atoms with Crippen molar-refractivity contribution >= 4 is 32.6 Å². The molecule has 1 aromatic carbocycles. The van der Waals surface area contributed by atoms with Gasteiger partial charge >= 0.3 is 0 Å². The van der Waals surface area contributed by atoms with E-state index in [1.807, 2.05) is 17.9 Å². The Morgan fingerprint density at radius 3 is 2.66 bits per heavy atom. The van der Waals surface area contributed by atoms with Crippen molar-refractivity contribution in [3.63, 3.8) is 0 Å². The monoisotopic (exact) mass is 491 g/mol. The predicted octanol–water partition coefficient (Wildman–Crippen LogP) is 2.64. The molecule has 0 bridgehead atoms. The Bertz CT molecular complexity index is 1500. The highest BCUT2D eigenvalue weighted by molar-refractivity contribution is 7.90. The molecule has 11 heteroatoms. The van der Waals surface area contributed by atoms with E-state index in [0.717, 1.165) is 23.9 Å². The number of anilines is 1. The molecule has 1 saturated heterocycles. The molecule has 1 amide bonds. The van der Waals surface area contributed by atoms with Gasteiger partial charge in [-0.05, 0) is 56.2 Å². The number of amides is 1. The van der Waals surface area contributed by atoms with E-state index in [9.17, 15) is 13.2 Å². The van der Waals surface area contributed by atoms with Crippen molar-refractivity contribution in [1.29, 1.82) is 0 Å². The van der Waals surface area contributed by atoms with Gasteiger partial charge in [-0.15, -0.1) is 0 Å². The van der Waals surface area contributed by atoms with Crippen molar-refractivity contribution in [2.24, 2.45) is 0 Å². The number of nitrogens with one attached hydrogen (secondary N) is 1. The zero-order valence-corrected chi connectivity index (χ0v) is 20.2. The summed E-state index contributed by atoms with van der Waals surface area (Å²) in [6.07, 6.45) is 7.80. The van der Waals surface area contributed by atoms with Crippen molar-refractivity contribution in [3.8, 4) is 5.69 Å². The number of carbonyl (C=O) groups is 1. The van der Waals surface area contributed by atoms with E-state index >= 15 is 0 Å². The number of aromatic nitrogens is 5. The quantitative estimate of drug-likeness (QED) is 0.452. The molecule has 1 atom stereocenters. The third kappa shape index (κ3) is 4.59. The van der Waals surface area contributed by atoms with Crippen LogP contribution < -0.4 is 5.32 Å². The highest BCUT2D eigenvalue weighted by Gasteiger charge is 2.26. The lowest BCUT2D eigenvalue weighted by molar-refractivity contribution is 0.0713. The van der Waals surface area contributed by atoms with Gasteiger partial charge in [-0.25, -0.2) is 23.1 Å². The highest BCUT2D eigenvalue weighted by atomic mass is 32.2. The summed E-state index contributed by atoms with van der Waals surface area (Å²) in [4.78, 5) is 28.2. The molecule has 0 radical (unpaired) electrons. The second-order valence-electron chi connectivity index (χ2n) is 8.65. The van der Waals surface area contributed by atoms with Crippen LogP contribution in [0, 0.1) is 6.92 Å². The fraction of sp³-hybridized carbons (Fsp3) is 0.292. The molecule has 180 valence electrons. The van der Waals surface area contributed by atoms with E-state index in [2.05, 4.69) is 25.4 Å². The first-order valence-electron chi connectivity index (χ1n) is 11.3. The molecule has 10 nitrogen and oxygen atoms in total. The second-order valence-corrected chi connectivity index (χ2v) is 10.7. The predicted molar refractivity (Wildman–Crippen MR) is 131 cm³/mol. The minimum atomic E-state index is -3.28. The largest absolute Gasteiger partial charge is 0.365 e. The Morgan fingerprint density at radius 2 is 1.91 bits per heavy atom. The number of rotatable bonds is 5. The lowest BCUT2D eigenvalue weighted by Gasteiger charge is -2.33. The molecule has 4 aromatic rings. The maximum absolute atomic E-state index is 13.1. The Morgan fingerprint density at radius 1 is 1.11 bits per heavy atom. The van der Waals surface area contributed by atoms with Crippen LogP contribution in [0.15, 0.2) is 60.0 Å². The van der Waals surface area contributed by atoms with E-state index in [-0.39, 0.29) is 16.8 Å². The zero-order valence-electron chi connectivity index (χ0n) is 19.4. The van der Waals surface area contributed by atoms with Crippen LogP contribution in [-0.4, -0.2) is 69.3 Å². The van der Waals surface area contributed by atoms with Gasteiger partial charge in [-0.3, -0.25) is 9.78 Å². The number of piperidine rings is 1. The van der Waals surface area contributed by atoms with Crippen molar-refractivity contribution in [2.45, 2.75) is 30.7 Å². The van der Waals surface area contributed by atoms with Gasteiger partial charge in [-0.1, -0.05) is 0 Å². The molecule has 0 spiro atoms. The van der Waals surface area contributed by atoms with E-state index in [4.69, 9.17) is 0 Å². The van der Waals surface area contributed by atoms with E-state index < -0.39 is 9.84 Å². The molecule has 3 aromatic heterocycles. The van der Waals surface area contributed by atoms with Gasteiger partial charge in [0.05, 0.1) is 27.7 Å². The molecule has 1 N–H and O–H groups in total. The Kier molecular flexibility index (Phi) is 5.93. The molecule has 0 saturated carbocycles. The number of pyridine rings is 1. The average molecular weight is 492 g/mol. The topological polar surface area (TPSA) is 123 Å². The first-order valence-corrected chi connectivity index (χ1v) is 13.2. The summed E-state index contributed by atoms with van der Waals surface area (Å²) in [5.41, 5.74) is 2.64. The molecular weight excluding hydrogens is 466 g/mol. The average Bonchev–Trinajstić information content (AvgIpc) is 3.29. The van der Waals surface area contributed by atoms with Gasteiger partial charge in [0.15, 0.2) is 15.5 Å². The van der Waals surface area contributed by atoms with Gasteiger partial charge < -0.3 is 10.2 Å². The fourth-order valence-corrected chi connectivity index (χ4v) is 4.97. The van der Waals surface area contributed by atoms with Crippen molar-refractivity contribution < 1.29 is 13.2 Å². The van der Waals surface area contributed by atoms with E-state index in [1.54, 1.807) is 47.4 Å². The number of likely N-dealkylation sites (tertiary alicyclic amines) is 1. The van der Waals surface area contributed by atoms with Crippen molar-refractivity contribution in [1.82, 2.24) is 29.6 Å². The number of hydrogen-bond acceptors (Lipinski definition) is 8. The SMILES string of the molecule is Cc1ncccc1C(=O)N1CCCC(Nc2ncnc3c2cnn3-c2ccc(S(C)(=O)=O)cc2)C1. The number of benzene rings is 1. The molecule has 1 aliphatic rings. The normalized spacial score (nSPS) is 16.4. The fourth-order valence-electron chi connectivity index (χ4n) is 4.34. The summed E-state index contributed by atoms with van der Waals surface area (Å²) >= 11 is 0. The van der Waals surface area contributed by atoms with Crippen LogP contribution in [0.25, 0.3) is 16.7 Å². The van der Waals surface area contributed by atoms with Crippen LogP contribution in [0.5, 0.6) is 0 Å². The minimum absolute atomic E-state index is 0.0136. The summed E-state index contributed by atoms with van der Waals surface area (Å²) < 4.78 is 25.2. The number of carbonyl (C=O) groups excluding carboxylic acids is 1. The summed E-state index contributed by atoms with van der Waals surface area (Å²) in [5.74, 6) is 0.631. The van der Waals surface area contributed by atoms with Crippen LogP contribution in [0.2, 0.25) is 0 Å². The molecule has 1 aliphatic heterocycles. The number of fused-ring (bicyclic) bond motifs is 1. The third-order valence-corrected chi connectivity index (χ3v) is 7.29. The van der Waals surface area contributed by atoms with Gasteiger partial charge in [0, 0.05) is 37.3 Å². The van der Waals surface area contributed by atoms with Crippen LogP contribution >= 0.6 is 0 Å². The van der Waals surface area contributed by atoms with Crippen molar-refractivity contribution in [2.75, 3.05) is 24.7 Å². The molecule has 0 aliphatic carbocycles. The number of nitrogens with zero attached hydrogens (tertiary/aromatic N) is 6. The number of hydrogen-bond donors (Lipinski definition) is 1. The number of aryl methyl sites for hydroxylation is 1. The molecule has 35 heavy (non-hydrogen) atoms. The van der Waals surface area contributed by atoms with Gasteiger partial charge in [0.1, 0.15) is 12.1 Å². The summed E-state index contributed by atoms with van der Waals surface area (Å²) in [5, 5.41) is 8.67. The van der Waals surface area contributed by atoms with Crippen molar-refractivity contribution in [3.05, 3.63) is 66.4 Å². The summed E-state index contributed by atoms with van der Waals surface area (Å²) in [6, 6.07) is 10.1.